The van der Waals surface area contributed by atoms with Crippen LogP contribution in [0, 0.1) is 88.8 Å². The van der Waals surface area contributed by atoms with Crippen LogP contribution in [0.3, 0.4) is 0 Å². The Kier molecular flexibility index (Phi) is 11.1. The summed E-state index contributed by atoms with van der Waals surface area (Å²) in [4.78, 5) is 91.4. The van der Waals surface area contributed by atoms with Crippen LogP contribution >= 0.6 is 0 Å². The van der Waals surface area contributed by atoms with Gasteiger partial charge in [0.25, 0.3) is 0 Å². The molecule has 22 heteroatoms. The van der Waals surface area contributed by atoms with Crippen LogP contribution in [-0.4, -0.2) is 127 Å². The maximum absolute atomic E-state index is 13.3. The van der Waals surface area contributed by atoms with Crippen molar-refractivity contribution >= 4 is 41.8 Å². The fourth-order valence-corrected chi connectivity index (χ4v) is 14.4. The molecule has 5 saturated heterocycles. The number of aliphatic carboxylic acids is 7. The highest BCUT2D eigenvalue weighted by Crippen LogP contribution is 2.54. The molecule has 22 nitrogen and oxygen atoms in total. The van der Waals surface area contributed by atoms with Crippen molar-refractivity contribution in [2.24, 2.45) is 88.8 Å². The molecule has 0 radical (unpaired) electrons. The first-order valence-electron chi connectivity index (χ1n) is 21.7. The lowest BCUT2D eigenvalue weighted by Crippen LogP contribution is -2.62. The van der Waals surface area contributed by atoms with Gasteiger partial charge >= 0.3 is 41.8 Å². The van der Waals surface area contributed by atoms with Crippen molar-refractivity contribution in [3.05, 3.63) is 0 Å². The highest BCUT2D eigenvalue weighted by Gasteiger charge is 2.68. The molecule has 4 aliphatic carbocycles. The van der Waals surface area contributed by atoms with Crippen molar-refractivity contribution in [3.63, 3.8) is 0 Å². The van der Waals surface area contributed by atoms with Gasteiger partial charge in [0, 0.05) is 17.8 Å². The zero-order chi connectivity index (χ0) is 43.3. The number of rotatable bonds is 7. The van der Waals surface area contributed by atoms with Crippen LogP contribution in [0.2, 0.25) is 0 Å². The zero-order valence-electron chi connectivity index (χ0n) is 33.1. The van der Waals surface area contributed by atoms with Crippen LogP contribution in [0.1, 0.15) is 57.8 Å². The maximum Gasteiger partial charge on any atom is 0.308 e. The van der Waals surface area contributed by atoms with Gasteiger partial charge in [0.2, 0.25) is 0 Å². The Morgan fingerprint density at radius 3 is 0.869 bits per heavy atom. The maximum atomic E-state index is 13.3. The van der Waals surface area contributed by atoms with Gasteiger partial charge < -0.3 is 35.7 Å². The predicted octanol–water partition coefficient (Wildman–Crippen LogP) is -2.22. The molecule has 5 aliphatic heterocycles. The molecule has 0 spiro atoms. The summed E-state index contributed by atoms with van der Waals surface area (Å²) >= 11 is 0. The Hall–Kier alpha value is -4.03. The van der Waals surface area contributed by atoms with E-state index in [0.717, 1.165) is 51.4 Å². The molecule has 0 aromatic carbocycles. The first-order valence-corrected chi connectivity index (χ1v) is 21.7. The molecule has 23 atom stereocenters. The fraction of sp³-hybridized carbons (Fsp3) is 0.821. The summed E-state index contributed by atoms with van der Waals surface area (Å²) in [6.07, 6.45) is 1.70. The van der Waals surface area contributed by atoms with E-state index in [1.807, 2.05) is 0 Å². The standard InChI is InChI=1S/C39H56N8O14/c48-33(49)15-9-14-16(20(35(52)53)17(15)34(50)51)30-45-29(14)43-27-11-6-2-1-5-10(11)25(41-27)40-26-12-7-3-4-8-13(12)28(42-26)44-31-18-19(32(46-30)47-31)22(37(56)57)24(39(60)61)23(38(58)59)21(18)36(54)55/h10-32,40-47H,1-9H2,(H,48,49)(H,50,51)(H,52,53)(H,54,55)(H,56,57)(H,58,59)(H,60,61). The second kappa shape index (κ2) is 16.0. The van der Waals surface area contributed by atoms with E-state index >= 15 is 0 Å². The molecular weight excluding hydrogens is 804 g/mol. The molecule has 0 aromatic heterocycles. The number of fused-ring (bicyclic) bond motifs is 20. The van der Waals surface area contributed by atoms with Gasteiger partial charge in [-0.2, -0.15) is 0 Å². The van der Waals surface area contributed by atoms with Crippen LogP contribution < -0.4 is 42.5 Å². The summed E-state index contributed by atoms with van der Waals surface area (Å²) in [6, 6.07) is 0. The lowest BCUT2D eigenvalue weighted by Gasteiger charge is -2.46. The Labute approximate surface area is 349 Å². The summed E-state index contributed by atoms with van der Waals surface area (Å²) < 4.78 is 0. The largest absolute Gasteiger partial charge is 0.481 e. The van der Waals surface area contributed by atoms with E-state index in [-0.39, 0.29) is 48.6 Å². The molecule has 336 valence electrons. The molecule has 15 N–H and O–H groups in total. The van der Waals surface area contributed by atoms with Crippen LogP contribution in [0.15, 0.2) is 0 Å². The quantitative estimate of drug-likeness (QED) is 0.129. The van der Waals surface area contributed by atoms with Crippen LogP contribution in [0.4, 0.5) is 0 Å². The van der Waals surface area contributed by atoms with Crippen molar-refractivity contribution in [1.82, 2.24) is 42.5 Å². The van der Waals surface area contributed by atoms with Crippen LogP contribution in [-0.2, 0) is 33.6 Å². The fourth-order valence-electron chi connectivity index (χ4n) is 14.4. The summed E-state index contributed by atoms with van der Waals surface area (Å²) in [7, 11) is 0. The lowest BCUT2D eigenvalue weighted by atomic mass is 9.56. The summed E-state index contributed by atoms with van der Waals surface area (Å²) in [5, 5.41) is 103. The molecule has 0 amide bonds. The normalized spacial score (nSPS) is 49.9. The smallest absolute Gasteiger partial charge is 0.308 e. The molecular formula is C39H56N8O14. The molecule has 61 heavy (non-hydrogen) atoms. The third-order valence-electron chi connectivity index (χ3n) is 16.6. The Bertz CT molecular complexity index is 1840. The number of carboxylic acid groups (broad SMARTS) is 7. The van der Waals surface area contributed by atoms with E-state index in [0.29, 0.717) is 0 Å². The Morgan fingerprint density at radius 1 is 0.295 bits per heavy atom. The van der Waals surface area contributed by atoms with E-state index in [1.165, 1.54) is 0 Å². The highest BCUT2D eigenvalue weighted by atomic mass is 16.4. The van der Waals surface area contributed by atoms with Crippen molar-refractivity contribution in [3.8, 4) is 0 Å². The number of hydrogen-bond donors (Lipinski definition) is 15. The van der Waals surface area contributed by atoms with Crippen molar-refractivity contribution in [2.75, 3.05) is 0 Å². The molecule has 9 fully saturated rings. The predicted molar refractivity (Wildman–Crippen MR) is 203 cm³/mol. The Balaban J connectivity index is 1.19. The SMILES string of the molecule is O=C(O)C1CC2C3NC4NC(NC5NC(NC6NC(NC(N3)C2C(C(=O)O)C1C(=O)O)C1C(C(=O)O)C(C(=O)O)C(C(=O)O)C(C(=O)O)C61)C1CCCCC51)C1CCCCC41. The number of carboxylic acids is 7. The zero-order valence-corrected chi connectivity index (χ0v) is 33.1. The molecule has 0 aromatic rings. The van der Waals surface area contributed by atoms with Gasteiger partial charge in [-0.3, -0.25) is 76.1 Å². The minimum atomic E-state index is -2.19. The molecule has 8 bridgehead atoms. The average Bonchev–Trinajstić information content (AvgIpc) is 3.94. The first-order chi connectivity index (χ1) is 29.1. The van der Waals surface area contributed by atoms with Gasteiger partial charge in [0.15, 0.2) is 0 Å². The monoisotopic (exact) mass is 860 g/mol. The Morgan fingerprint density at radius 2 is 0.557 bits per heavy atom. The van der Waals surface area contributed by atoms with Crippen LogP contribution in [0.5, 0.6) is 0 Å². The topological polar surface area (TPSA) is 357 Å². The van der Waals surface area contributed by atoms with Gasteiger partial charge in [0.05, 0.1) is 90.8 Å². The summed E-state index contributed by atoms with van der Waals surface area (Å²) in [5.41, 5.74) is 0. The number of hydrogen-bond acceptors (Lipinski definition) is 15. The third kappa shape index (κ3) is 6.88. The van der Waals surface area contributed by atoms with E-state index in [2.05, 4.69) is 42.5 Å². The van der Waals surface area contributed by atoms with Crippen molar-refractivity contribution in [1.29, 1.82) is 0 Å². The second-order valence-electron chi connectivity index (χ2n) is 19.1. The molecule has 23 unspecified atom stereocenters. The summed E-state index contributed by atoms with van der Waals surface area (Å²) in [5.74, 6) is -29.0. The average molecular weight is 861 g/mol. The van der Waals surface area contributed by atoms with Gasteiger partial charge in [0.1, 0.15) is 0 Å². The van der Waals surface area contributed by atoms with E-state index in [1.54, 1.807) is 0 Å². The van der Waals surface area contributed by atoms with E-state index < -0.39 is 138 Å². The van der Waals surface area contributed by atoms with Gasteiger partial charge in [-0.1, -0.05) is 25.7 Å². The summed E-state index contributed by atoms with van der Waals surface area (Å²) in [6.45, 7) is 0. The molecule has 4 saturated carbocycles. The second-order valence-corrected chi connectivity index (χ2v) is 19.1. The minimum absolute atomic E-state index is 0.0305. The van der Waals surface area contributed by atoms with Crippen LogP contribution in [0.25, 0.3) is 0 Å². The van der Waals surface area contributed by atoms with Crippen molar-refractivity contribution in [2.45, 2.75) is 107 Å². The van der Waals surface area contributed by atoms with E-state index in [9.17, 15) is 69.3 Å². The van der Waals surface area contributed by atoms with Crippen molar-refractivity contribution < 1.29 is 69.3 Å². The van der Waals surface area contributed by atoms with Gasteiger partial charge in [-0.15, -0.1) is 0 Å². The number of nitrogens with one attached hydrogen (secondary N) is 8. The number of carbonyl (C=O) groups is 7. The first kappa shape index (κ1) is 42.3. The lowest BCUT2D eigenvalue weighted by molar-refractivity contribution is -0.182. The highest BCUT2D eigenvalue weighted by molar-refractivity contribution is 5.90. The van der Waals surface area contributed by atoms with Gasteiger partial charge in [-0.05, 0) is 61.7 Å². The molecule has 5 heterocycles. The third-order valence-corrected chi connectivity index (χ3v) is 16.6. The molecule has 9 aliphatic rings. The van der Waals surface area contributed by atoms with E-state index in [4.69, 9.17) is 0 Å². The minimum Gasteiger partial charge on any atom is -0.481 e. The van der Waals surface area contributed by atoms with Gasteiger partial charge in [-0.25, -0.2) is 0 Å². The molecule has 9 rings (SSSR count).